The van der Waals surface area contributed by atoms with Gasteiger partial charge in [0.05, 0.1) is 5.02 Å². The summed E-state index contributed by atoms with van der Waals surface area (Å²) < 4.78 is 5.59. The van der Waals surface area contributed by atoms with Gasteiger partial charge in [0.2, 0.25) is 0 Å². The van der Waals surface area contributed by atoms with E-state index in [-0.39, 0.29) is 10.8 Å². The van der Waals surface area contributed by atoms with E-state index >= 15 is 0 Å². The second-order valence-corrected chi connectivity index (χ2v) is 4.39. The average molecular weight is 253 g/mol. The number of benzene rings is 2. The van der Waals surface area contributed by atoms with E-state index in [2.05, 4.69) is 0 Å². The van der Waals surface area contributed by atoms with E-state index in [0.29, 0.717) is 10.6 Å². The highest BCUT2D eigenvalue weighted by Gasteiger charge is 2.10. The van der Waals surface area contributed by atoms with Crippen LogP contribution in [0.2, 0.25) is 10.0 Å². The van der Waals surface area contributed by atoms with Crippen LogP contribution in [0.3, 0.4) is 0 Å². The number of phenols is 1. The molecule has 1 N–H and O–H groups in total. The summed E-state index contributed by atoms with van der Waals surface area (Å²) in [7, 11) is 0. The van der Waals surface area contributed by atoms with Crippen LogP contribution in [0.25, 0.3) is 21.9 Å². The summed E-state index contributed by atoms with van der Waals surface area (Å²) in [6.07, 6.45) is 0. The first-order chi connectivity index (χ1) is 7.65. The smallest absolute Gasteiger partial charge is 0.137 e. The first-order valence-electron chi connectivity index (χ1n) is 4.65. The van der Waals surface area contributed by atoms with Crippen LogP contribution in [0.1, 0.15) is 0 Å². The lowest BCUT2D eigenvalue weighted by atomic mass is 10.1. The Morgan fingerprint density at radius 3 is 2.50 bits per heavy atom. The van der Waals surface area contributed by atoms with Crippen LogP contribution in [-0.2, 0) is 0 Å². The van der Waals surface area contributed by atoms with Crippen molar-refractivity contribution in [3.63, 3.8) is 0 Å². The maximum absolute atomic E-state index is 9.56. The molecule has 3 aromatic rings. The molecule has 0 saturated carbocycles. The lowest BCUT2D eigenvalue weighted by molar-refractivity contribution is 0.476. The van der Waals surface area contributed by atoms with Gasteiger partial charge in [-0.2, -0.15) is 0 Å². The van der Waals surface area contributed by atoms with Gasteiger partial charge in [0, 0.05) is 21.9 Å². The second-order valence-electron chi connectivity index (χ2n) is 3.54. The molecule has 1 heterocycles. The Morgan fingerprint density at radius 1 is 0.938 bits per heavy atom. The lowest BCUT2D eigenvalue weighted by Gasteiger charge is -1.95. The number of furan rings is 1. The zero-order valence-electron chi connectivity index (χ0n) is 8.00. The number of hydrogen-bond donors (Lipinski definition) is 1. The van der Waals surface area contributed by atoms with E-state index in [1.807, 2.05) is 0 Å². The molecule has 3 rings (SSSR count). The third-order valence-electron chi connectivity index (χ3n) is 2.50. The molecule has 0 spiro atoms. The summed E-state index contributed by atoms with van der Waals surface area (Å²) in [5.41, 5.74) is 1.36. The number of hydrogen-bond acceptors (Lipinski definition) is 2. The molecule has 4 heteroatoms. The molecule has 1 aromatic heterocycles. The lowest BCUT2D eigenvalue weighted by Crippen LogP contribution is -1.70. The highest BCUT2D eigenvalue weighted by molar-refractivity contribution is 6.33. The maximum atomic E-state index is 9.56. The van der Waals surface area contributed by atoms with Crippen molar-refractivity contribution in [3.8, 4) is 5.75 Å². The summed E-state index contributed by atoms with van der Waals surface area (Å²) in [5, 5.41) is 12.1. The Balaban J connectivity index is 2.53. The van der Waals surface area contributed by atoms with E-state index < -0.39 is 0 Å². The van der Waals surface area contributed by atoms with Crippen LogP contribution >= 0.6 is 23.2 Å². The molecule has 0 saturated heterocycles. The molecule has 0 radical (unpaired) electrons. The van der Waals surface area contributed by atoms with E-state index in [1.165, 1.54) is 0 Å². The Morgan fingerprint density at radius 2 is 1.69 bits per heavy atom. The minimum atomic E-state index is 0.0387. The van der Waals surface area contributed by atoms with Gasteiger partial charge in [-0.15, -0.1) is 0 Å². The zero-order valence-corrected chi connectivity index (χ0v) is 9.51. The zero-order chi connectivity index (χ0) is 11.3. The van der Waals surface area contributed by atoms with Crippen molar-refractivity contribution in [2.75, 3.05) is 0 Å². The standard InChI is InChI=1S/C12H6Cl2O2/c13-6-1-2-11-7(3-6)8-4-10(15)9(14)5-12(8)16-11/h1-5,15H. The minimum absolute atomic E-state index is 0.0387. The Bertz CT molecular complexity index is 701. The second kappa shape index (κ2) is 3.30. The van der Waals surface area contributed by atoms with E-state index in [1.54, 1.807) is 30.3 Å². The molecule has 2 nitrogen and oxygen atoms in total. The van der Waals surface area contributed by atoms with Crippen LogP contribution in [0.5, 0.6) is 5.75 Å². The topological polar surface area (TPSA) is 33.4 Å². The van der Waals surface area contributed by atoms with Crippen molar-refractivity contribution >= 4 is 45.1 Å². The molecule has 0 unspecified atom stereocenters. The minimum Gasteiger partial charge on any atom is -0.506 e. The molecule has 2 aromatic carbocycles. The molecule has 0 bridgehead atoms. The molecule has 0 fully saturated rings. The van der Waals surface area contributed by atoms with Crippen LogP contribution in [0, 0.1) is 0 Å². The van der Waals surface area contributed by atoms with Gasteiger partial charge < -0.3 is 9.52 Å². The fourth-order valence-electron chi connectivity index (χ4n) is 1.76. The number of phenolic OH excluding ortho intramolecular Hbond substituents is 1. The quantitative estimate of drug-likeness (QED) is 0.635. The fraction of sp³-hybridized carbons (Fsp3) is 0. The van der Waals surface area contributed by atoms with Gasteiger partial charge in [-0.25, -0.2) is 0 Å². The van der Waals surface area contributed by atoms with Crippen molar-refractivity contribution in [3.05, 3.63) is 40.4 Å². The van der Waals surface area contributed by atoms with Crippen molar-refractivity contribution in [2.45, 2.75) is 0 Å². The third-order valence-corrected chi connectivity index (χ3v) is 3.04. The molecular formula is C12H6Cl2O2. The monoisotopic (exact) mass is 252 g/mol. The van der Waals surface area contributed by atoms with Crippen molar-refractivity contribution < 1.29 is 9.52 Å². The molecule has 0 aliphatic carbocycles. The average Bonchev–Trinajstić information content (AvgIpc) is 2.57. The van der Waals surface area contributed by atoms with Crippen LogP contribution in [0.4, 0.5) is 0 Å². The Labute approximate surface area is 101 Å². The third kappa shape index (κ3) is 1.34. The van der Waals surface area contributed by atoms with E-state index in [4.69, 9.17) is 27.6 Å². The van der Waals surface area contributed by atoms with Crippen molar-refractivity contribution in [1.82, 2.24) is 0 Å². The van der Waals surface area contributed by atoms with Gasteiger partial charge >= 0.3 is 0 Å². The summed E-state index contributed by atoms with van der Waals surface area (Å²) in [5.74, 6) is 0.0387. The predicted octanol–water partition coefficient (Wildman–Crippen LogP) is 4.60. The Kier molecular flexibility index (Phi) is 2.03. The van der Waals surface area contributed by atoms with Gasteiger partial charge in [-0.1, -0.05) is 23.2 Å². The van der Waals surface area contributed by atoms with E-state index in [9.17, 15) is 5.11 Å². The van der Waals surface area contributed by atoms with E-state index in [0.717, 1.165) is 16.4 Å². The number of aromatic hydroxyl groups is 1. The Hall–Kier alpha value is -1.38. The molecule has 0 amide bonds. The highest BCUT2D eigenvalue weighted by atomic mass is 35.5. The van der Waals surface area contributed by atoms with Gasteiger partial charge in [0.25, 0.3) is 0 Å². The van der Waals surface area contributed by atoms with Crippen molar-refractivity contribution in [2.24, 2.45) is 0 Å². The van der Waals surface area contributed by atoms with Crippen LogP contribution < -0.4 is 0 Å². The summed E-state index contributed by atoms with van der Waals surface area (Å²) in [6, 6.07) is 8.53. The first-order valence-corrected chi connectivity index (χ1v) is 5.41. The normalized spacial score (nSPS) is 11.4. The van der Waals surface area contributed by atoms with Gasteiger partial charge in [-0.3, -0.25) is 0 Å². The van der Waals surface area contributed by atoms with Gasteiger partial charge in [0.15, 0.2) is 0 Å². The van der Waals surface area contributed by atoms with Crippen LogP contribution in [-0.4, -0.2) is 5.11 Å². The summed E-state index contributed by atoms with van der Waals surface area (Å²) in [6.45, 7) is 0. The SMILES string of the molecule is Oc1cc2c(cc1Cl)oc1ccc(Cl)cc12. The molecule has 0 aliphatic heterocycles. The van der Waals surface area contributed by atoms with Gasteiger partial charge in [-0.05, 0) is 24.3 Å². The largest absolute Gasteiger partial charge is 0.506 e. The number of halogens is 2. The molecule has 0 aliphatic rings. The number of fused-ring (bicyclic) bond motifs is 3. The molecule has 16 heavy (non-hydrogen) atoms. The molecular weight excluding hydrogens is 247 g/mol. The van der Waals surface area contributed by atoms with Crippen molar-refractivity contribution in [1.29, 1.82) is 0 Å². The highest BCUT2D eigenvalue weighted by Crippen LogP contribution is 2.36. The molecule has 80 valence electrons. The predicted molar refractivity (Wildman–Crippen MR) is 65.4 cm³/mol. The van der Waals surface area contributed by atoms with Crippen LogP contribution in [0.15, 0.2) is 34.7 Å². The van der Waals surface area contributed by atoms with Gasteiger partial charge in [0.1, 0.15) is 16.9 Å². The molecule has 0 atom stereocenters. The fourth-order valence-corrected chi connectivity index (χ4v) is 2.08. The number of rotatable bonds is 0. The summed E-state index contributed by atoms with van der Waals surface area (Å²) >= 11 is 11.7. The summed E-state index contributed by atoms with van der Waals surface area (Å²) in [4.78, 5) is 0. The maximum Gasteiger partial charge on any atom is 0.137 e. The first kappa shape index (κ1) is 9.82.